The van der Waals surface area contributed by atoms with E-state index < -0.39 is 8.25 Å². The van der Waals surface area contributed by atoms with Crippen molar-refractivity contribution in [2.75, 3.05) is 13.2 Å². The largest absolute Gasteiger partial charge is 0.319 e. The molecule has 122 valence electrons. The molecule has 0 amide bonds. The molecule has 4 heteroatoms. The molecule has 0 rings (SSSR count). The van der Waals surface area contributed by atoms with E-state index in [2.05, 4.69) is 27.7 Å². The highest BCUT2D eigenvalue weighted by Crippen LogP contribution is 2.26. The fourth-order valence-corrected chi connectivity index (χ4v) is 3.20. The molecule has 0 heterocycles. The van der Waals surface area contributed by atoms with Crippen LogP contribution in [0.4, 0.5) is 0 Å². The average Bonchev–Trinajstić information content (AvgIpc) is 2.47. The Morgan fingerprint density at radius 1 is 0.750 bits per heavy atom. The Morgan fingerprint density at radius 2 is 1.10 bits per heavy atom. The summed E-state index contributed by atoms with van der Waals surface area (Å²) in [6.45, 7) is 10.0. The fourth-order valence-electron chi connectivity index (χ4n) is 2.49. The predicted octanol–water partition coefficient (Wildman–Crippen LogP) is 5.84. The van der Waals surface area contributed by atoms with E-state index in [0.29, 0.717) is 13.2 Å². The van der Waals surface area contributed by atoms with Crippen LogP contribution in [0.2, 0.25) is 0 Å². The summed E-state index contributed by atoms with van der Waals surface area (Å²) in [5, 5.41) is 0. The molecule has 0 aromatic heterocycles. The van der Waals surface area contributed by atoms with Crippen LogP contribution in [0.15, 0.2) is 0 Å². The van der Waals surface area contributed by atoms with Gasteiger partial charge in [0.2, 0.25) is 0 Å². The minimum absolute atomic E-state index is 0.570. The molecular weight excluding hydrogens is 271 g/mol. The third kappa shape index (κ3) is 10.9. The van der Waals surface area contributed by atoms with Crippen molar-refractivity contribution in [3.05, 3.63) is 0 Å². The molecule has 0 saturated heterocycles. The lowest BCUT2D eigenvalue weighted by atomic mass is 9.98. The molecule has 0 aliphatic heterocycles. The second-order valence-corrected chi connectivity index (χ2v) is 6.67. The van der Waals surface area contributed by atoms with Crippen LogP contribution in [0.25, 0.3) is 0 Å². The standard InChI is InChI=1S/C16H35O3P/c1-5-15(6-2)11-9-13-18-20(17)19-14-10-12-16(7-3)8-4/h15-16,20H,5-14H2,1-4H3. The Morgan fingerprint density at radius 3 is 1.40 bits per heavy atom. The molecule has 0 saturated carbocycles. The third-order valence-electron chi connectivity index (χ3n) is 4.26. The smallest absolute Gasteiger partial charge is 0.311 e. The number of hydrogen-bond donors (Lipinski definition) is 0. The minimum Gasteiger partial charge on any atom is -0.311 e. The summed E-state index contributed by atoms with van der Waals surface area (Å²) in [4.78, 5) is 0. The minimum atomic E-state index is -2.26. The number of hydrogen-bond acceptors (Lipinski definition) is 3. The SMILES string of the molecule is CCC(CC)CCCO[PH](=O)OCCCC(CC)CC. The summed E-state index contributed by atoms with van der Waals surface area (Å²) in [5.74, 6) is 1.56. The van der Waals surface area contributed by atoms with Crippen LogP contribution in [0.5, 0.6) is 0 Å². The van der Waals surface area contributed by atoms with Crippen molar-refractivity contribution in [1.82, 2.24) is 0 Å². The Bertz CT molecular complexity index is 204. The fraction of sp³-hybridized carbons (Fsp3) is 1.00. The summed E-state index contributed by atoms with van der Waals surface area (Å²) in [5.41, 5.74) is 0. The average molecular weight is 306 g/mol. The lowest BCUT2D eigenvalue weighted by molar-refractivity contribution is 0.211. The quantitative estimate of drug-likeness (QED) is 0.298. The van der Waals surface area contributed by atoms with Gasteiger partial charge >= 0.3 is 8.25 Å². The highest BCUT2D eigenvalue weighted by Gasteiger charge is 2.06. The molecule has 0 radical (unpaired) electrons. The zero-order valence-corrected chi connectivity index (χ0v) is 15.0. The van der Waals surface area contributed by atoms with Crippen molar-refractivity contribution in [2.45, 2.75) is 79.1 Å². The third-order valence-corrected chi connectivity index (χ3v) is 5.14. The zero-order valence-electron chi connectivity index (χ0n) is 14.0. The molecule has 0 aromatic rings. The highest BCUT2D eigenvalue weighted by atomic mass is 31.1. The van der Waals surface area contributed by atoms with E-state index in [-0.39, 0.29) is 0 Å². The molecule has 0 bridgehead atoms. The monoisotopic (exact) mass is 306 g/mol. The first-order valence-corrected chi connectivity index (χ1v) is 9.69. The molecule has 20 heavy (non-hydrogen) atoms. The van der Waals surface area contributed by atoms with Gasteiger partial charge in [-0.3, -0.25) is 4.57 Å². The van der Waals surface area contributed by atoms with Crippen LogP contribution in [0, 0.1) is 11.8 Å². The first-order chi connectivity index (χ1) is 9.67. The van der Waals surface area contributed by atoms with E-state index in [1.807, 2.05) is 0 Å². The van der Waals surface area contributed by atoms with Crippen molar-refractivity contribution >= 4 is 8.25 Å². The van der Waals surface area contributed by atoms with Crippen LogP contribution in [0.1, 0.15) is 79.1 Å². The van der Waals surface area contributed by atoms with E-state index >= 15 is 0 Å². The van der Waals surface area contributed by atoms with Gasteiger partial charge in [0.25, 0.3) is 0 Å². The van der Waals surface area contributed by atoms with Gasteiger partial charge in [0.1, 0.15) is 0 Å². The van der Waals surface area contributed by atoms with E-state index in [1.165, 1.54) is 25.7 Å². The van der Waals surface area contributed by atoms with E-state index in [4.69, 9.17) is 9.05 Å². The van der Waals surface area contributed by atoms with Gasteiger partial charge in [-0.2, -0.15) is 0 Å². The Labute approximate surface area is 126 Å². The van der Waals surface area contributed by atoms with Crippen LogP contribution >= 0.6 is 8.25 Å². The molecule has 0 atom stereocenters. The van der Waals surface area contributed by atoms with Gasteiger partial charge in [-0.15, -0.1) is 0 Å². The molecule has 0 aliphatic rings. The van der Waals surface area contributed by atoms with Gasteiger partial charge in [-0.05, 0) is 37.5 Å². The van der Waals surface area contributed by atoms with Crippen LogP contribution in [-0.4, -0.2) is 13.2 Å². The normalized spacial score (nSPS) is 11.9. The molecule has 0 spiro atoms. The summed E-state index contributed by atoms with van der Waals surface area (Å²) in [6.07, 6.45) is 9.18. The number of rotatable bonds is 14. The molecule has 0 aliphatic carbocycles. The maximum Gasteiger partial charge on any atom is 0.319 e. The van der Waals surface area contributed by atoms with Gasteiger partial charge < -0.3 is 9.05 Å². The molecule has 0 unspecified atom stereocenters. The Hall–Kier alpha value is 0.150. The summed E-state index contributed by atoms with van der Waals surface area (Å²) >= 11 is 0. The van der Waals surface area contributed by atoms with Gasteiger partial charge in [-0.25, -0.2) is 0 Å². The van der Waals surface area contributed by atoms with Crippen molar-refractivity contribution in [3.8, 4) is 0 Å². The molecule has 0 fully saturated rings. The molecule has 0 N–H and O–H groups in total. The molecule has 0 aromatic carbocycles. The second kappa shape index (κ2) is 14.1. The van der Waals surface area contributed by atoms with Gasteiger partial charge in [0, 0.05) is 0 Å². The zero-order chi connectivity index (χ0) is 15.2. The van der Waals surface area contributed by atoms with E-state index in [9.17, 15) is 4.57 Å². The summed E-state index contributed by atoms with van der Waals surface area (Å²) in [6, 6.07) is 0. The topological polar surface area (TPSA) is 35.5 Å². The van der Waals surface area contributed by atoms with Crippen LogP contribution in [-0.2, 0) is 13.6 Å². The first-order valence-electron chi connectivity index (χ1n) is 8.47. The van der Waals surface area contributed by atoms with E-state index in [1.54, 1.807) is 0 Å². The van der Waals surface area contributed by atoms with Crippen molar-refractivity contribution in [2.24, 2.45) is 11.8 Å². The van der Waals surface area contributed by atoms with Gasteiger partial charge in [-0.1, -0.05) is 53.4 Å². The maximum absolute atomic E-state index is 11.6. The lowest BCUT2D eigenvalue weighted by Gasteiger charge is -2.12. The van der Waals surface area contributed by atoms with Crippen molar-refractivity contribution < 1.29 is 13.6 Å². The predicted molar refractivity (Wildman–Crippen MR) is 87.5 cm³/mol. The Balaban J connectivity index is 3.45. The maximum atomic E-state index is 11.6. The first kappa shape index (κ1) is 20.1. The van der Waals surface area contributed by atoms with Crippen molar-refractivity contribution in [1.29, 1.82) is 0 Å². The summed E-state index contributed by atoms with van der Waals surface area (Å²) in [7, 11) is -2.26. The van der Waals surface area contributed by atoms with E-state index in [0.717, 1.165) is 37.5 Å². The molecule has 3 nitrogen and oxygen atoms in total. The van der Waals surface area contributed by atoms with Crippen LogP contribution < -0.4 is 0 Å². The highest BCUT2D eigenvalue weighted by molar-refractivity contribution is 7.33. The second-order valence-electron chi connectivity index (χ2n) is 5.60. The Kier molecular flexibility index (Phi) is 14.2. The van der Waals surface area contributed by atoms with Gasteiger partial charge in [0.15, 0.2) is 0 Å². The van der Waals surface area contributed by atoms with Crippen molar-refractivity contribution in [3.63, 3.8) is 0 Å². The van der Waals surface area contributed by atoms with Gasteiger partial charge in [0.05, 0.1) is 13.2 Å². The lowest BCUT2D eigenvalue weighted by Crippen LogP contribution is -2.00. The van der Waals surface area contributed by atoms with Crippen LogP contribution in [0.3, 0.4) is 0 Å². The summed E-state index contributed by atoms with van der Waals surface area (Å²) < 4.78 is 22.1. The molecular formula is C16H35O3P.